The number of amides is 1. The van der Waals surface area contributed by atoms with Crippen LogP contribution in [0.1, 0.15) is 13.3 Å². The lowest BCUT2D eigenvalue weighted by atomic mass is 9.97. The van der Waals surface area contributed by atoms with Crippen molar-refractivity contribution < 1.29 is 14.7 Å². The number of hydrogen-bond donors (Lipinski definition) is 3. The Labute approximate surface area is 106 Å². The first-order valence-corrected chi connectivity index (χ1v) is 7.18. The minimum Gasteiger partial charge on any atom is -0.480 e. The number of aliphatic carboxylic acids is 1. The molecule has 0 bridgehead atoms. The van der Waals surface area contributed by atoms with E-state index in [0.29, 0.717) is 13.0 Å². The molecule has 6 heteroatoms. The molecule has 0 spiro atoms. The summed E-state index contributed by atoms with van der Waals surface area (Å²) >= 11 is 1.58. The molecule has 1 heterocycles. The molecule has 0 unspecified atom stereocenters. The van der Waals surface area contributed by atoms with Gasteiger partial charge in [0.25, 0.3) is 0 Å². The van der Waals surface area contributed by atoms with Gasteiger partial charge in [-0.25, -0.2) is 4.79 Å². The maximum atomic E-state index is 11.9. The molecule has 1 rings (SSSR count). The van der Waals surface area contributed by atoms with Crippen molar-refractivity contribution >= 4 is 23.6 Å². The fourth-order valence-electron chi connectivity index (χ4n) is 1.93. The zero-order valence-electron chi connectivity index (χ0n) is 10.2. The predicted octanol–water partition coefficient (Wildman–Crippen LogP) is 0.164. The molecular weight excluding hydrogens is 240 g/mol. The highest BCUT2D eigenvalue weighted by Gasteiger charge is 2.31. The maximum Gasteiger partial charge on any atom is 0.326 e. The van der Waals surface area contributed by atoms with E-state index in [1.54, 1.807) is 11.8 Å². The third-order valence-electron chi connectivity index (χ3n) is 3.08. The van der Waals surface area contributed by atoms with Crippen LogP contribution in [0.3, 0.4) is 0 Å². The van der Waals surface area contributed by atoms with Crippen molar-refractivity contribution in [2.75, 3.05) is 25.1 Å². The lowest BCUT2D eigenvalue weighted by Crippen LogP contribution is -2.45. The van der Waals surface area contributed by atoms with E-state index in [1.807, 2.05) is 13.2 Å². The summed E-state index contributed by atoms with van der Waals surface area (Å²) in [4.78, 5) is 22.9. The Balaban J connectivity index is 2.48. The van der Waals surface area contributed by atoms with Crippen LogP contribution in [-0.2, 0) is 9.59 Å². The highest BCUT2D eigenvalue weighted by atomic mass is 32.2. The van der Waals surface area contributed by atoms with Gasteiger partial charge in [-0.1, -0.05) is 6.92 Å². The summed E-state index contributed by atoms with van der Waals surface area (Å²) in [5.74, 6) is -0.200. The summed E-state index contributed by atoms with van der Waals surface area (Å²) in [6, 6.07) is -0.761. The number of carboxylic acid groups (broad SMARTS) is 1. The molecule has 3 N–H and O–H groups in total. The van der Waals surface area contributed by atoms with Crippen LogP contribution >= 0.6 is 11.8 Å². The fraction of sp³-hybridized carbons (Fsp3) is 0.818. The predicted molar refractivity (Wildman–Crippen MR) is 68.1 cm³/mol. The number of nitrogens with one attached hydrogen (secondary N) is 2. The Kier molecular flexibility index (Phi) is 5.77. The van der Waals surface area contributed by atoms with Crippen LogP contribution in [0.5, 0.6) is 0 Å². The molecular formula is C11H20N2O3S. The Bertz CT molecular complexity index is 286. The van der Waals surface area contributed by atoms with Gasteiger partial charge in [-0.2, -0.15) is 11.8 Å². The number of hydrogen-bond acceptors (Lipinski definition) is 4. The third-order valence-corrected chi connectivity index (χ3v) is 3.72. The van der Waals surface area contributed by atoms with Crippen LogP contribution in [0.25, 0.3) is 0 Å². The molecule has 98 valence electrons. The maximum absolute atomic E-state index is 11.9. The van der Waals surface area contributed by atoms with E-state index in [9.17, 15) is 9.59 Å². The molecule has 0 aromatic carbocycles. The molecule has 0 aliphatic carbocycles. The van der Waals surface area contributed by atoms with E-state index in [1.165, 1.54) is 0 Å². The van der Waals surface area contributed by atoms with Gasteiger partial charge in [0.2, 0.25) is 5.91 Å². The number of carbonyl (C=O) groups excluding carboxylic acids is 1. The first-order valence-electron chi connectivity index (χ1n) is 5.79. The van der Waals surface area contributed by atoms with Gasteiger partial charge in [-0.05, 0) is 30.9 Å². The van der Waals surface area contributed by atoms with Crippen LogP contribution < -0.4 is 10.6 Å². The SMILES string of the molecule is CSCC[C@@H](NC(=O)[C@@H]1CNC[C@H]1C)C(=O)O. The average molecular weight is 260 g/mol. The van der Waals surface area contributed by atoms with Crippen molar-refractivity contribution in [3.05, 3.63) is 0 Å². The molecule has 0 aromatic heterocycles. The second kappa shape index (κ2) is 6.86. The topological polar surface area (TPSA) is 78.4 Å². The molecule has 1 amide bonds. The van der Waals surface area contributed by atoms with Gasteiger partial charge in [0.05, 0.1) is 5.92 Å². The third kappa shape index (κ3) is 4.20. The van der Waals surface area contributed by atoms with Crippen molar-refractivity contribution in [2.24, 2.45) is 11.8 Å². The number of carboxylic acids is 1. The van der Waals surface area contributed by atoms with Gasteiger partial charge in [0.1, 0.15) is 6.04 Å². The molecule has 1 aliphatic rings. The summed E-state index contributed by atoms with van der Waals surface area (Å²) in [5, 5.41) is 14.8. The van der Waals surface area contributed by atoms with Crippen LogP contribution in [-0.4, -0.2) is 48.1 Å². The molecule has 0 radical (unpaired) electrons. The van der Waals surface area contributed by atoms with E-state index in [-0.39, 0.29) is 17.7 Å². The standard InChI is InChI=1S/C11H20N2O3S/c1-7-5-12-6-8(7)10(14)13-9(11(15)16)3-4-17-2/h7-9,12H,3-6H2,1-2H3,(H,13,14)(H,15,16)/t7-,8-,9-/m1/s1. The lowest BCUT2D eigenvalue weighted by Gasteiger charge is -2.18. The normalized spacial score (nSPS) is 25.5. The lowest BCUT2D eigenvalue weighted by molar-refractivity contribution is -0.142. The van der Waals surface area contributed by atoms with Gasteiger partial charge >= 0.3 is 5.97 Å². The van der Waals surface area contributed by atoms with Crippen LogP contribution in [0.4, 0.5) is 0 Å². The summed E-state index contributed by atoms with van der Waals surface area (Å²) in [5.41, 5.74) is 0. The first-order chi connectivity index (χ1) is 8.06. The van der Waals surface area contributed by atoms with Gasteiger partial charge in [-0.15, -0.1) is 0 Å². The summed E-state index contributed by atoms with van der Waals surface area (Å²) in [6.45, 7) is 3.46. The molecule has 1 aliphatic heterocycles. The number of rotatable bonds is 6. The summed E-state index contributed by atoms with van der Waals surface area (Å²) in [6.07, 6.45) is 2.39. The molecule has 1 saturated heterocycles. The van der Waals surface area contributed by atoms with Gasteiger partial charge in [0.15, 0.2) is 0 Å². The van der Waals surface area contributed by atoms with Crippen molar-refractivity contribution in [3.63, 3.8) is 0 Å². The highest BCUT2D eigenvalue weighted by molar-refractivity contribution is 7.98. The zero-order valence-corrected chi connectivity index (χ0v) is 11.0. The Hall–Kier alpha value is -0.750. The molecule has 1 fully saturated rings. The van der Waals surface area contributed by atoms with Crippen LogP contribution in [0.15, 0.2) is 0 Å². The molecule has 17 heavy (non-hydrogen) atoms. The average Bonchev–Trinajstić information content (AvgIpc) is 2.70. The van der Waals surface area contributed by atoms with Crippen LogP contribution in [0.2, 0.25) is 0 Å². The van der Waals surface area contributed by atoms with Crippen molar-refractivity contribution in [1.82, 2.24) is 10.6 Å². The van der Waals surface area contributed by atoms with Crippen molar-refractivity contribution in [3.8, 4) is 0 Å². The van der Waals surface area contributed by atoms with Gasteiger partial charge < -0.3 is 15.7 Å². The van der Waals surface area contributed by atoms with E-state index in [4.69, 9.17) is 5.11 Å². The molecule has 5 nitrogen and oxygen atoms in total. The smallest absolute Gasteiger partial charge is 0.326 e. The largest absolute Gasteiger partial charge is 0.480 e. The summed E-state index contributed by atoms with van der Waals surface area (Å²) < 4.78 is 0. The van der Waals surface area contributed by atoms with E-state index < -0.39 is 12.0 Å². The van der Waals surface area contributed by atoms with Gasteiger partial charge in [-0.3, -0.25) is 4.79 Å². The molecule has 0 aromatic rings. The monoisotopic (exact) mass is 260 g/mol. The van der Waals surface area contributed by atoms with Crippen LogP contribution in [0, 0.1) is 11.8 Å². The quantitative estimate of drug-likeness (QED) is 0.634. The van der Waals surface area contributed by atoms with E-state index >= 15 is 0 Å². The first kappa shape index (κ1) is 14.3. The Morgan fingerprint density at radius 1 is 1.53 bits per heavy atom. The summed E-state index contributed by atoms with van der Waals surface area (Å²) in [7, 11) is 0. The van der Waals surface area contributed by atoms with Crippen molar-refractivity contribution in [1.29, 1.82) is 0 Å². The molecule has 3 atom stereocenters. The molecule has 0 saturated carbocycles. The highest BCUT2D eigenvalue weighted by Crippen LogP contribution is 2.16. The van der Waals surface area contributed by atoms with E-state index in [0.717, 1.165) is 12.3 Å². The minimum absolute atomic E-state index is 0.105. The number of carbonyl (C=O) groups is 2. The second-order valence-corrected chi connectivity index (χ2v) is 5.41. The van der Waals surface area contributed by atoms with Gasteiger partial charge in [0, 0.05) is 6.54 Å². The second-order valence-electron chi connectivity index (χ2n) is 4.42. The minimum atomic E-state index is -0.953. The Morgan fingerprint density at radius 2 is 2.24 bits per heavy atom. The Morgan fingerprint density at radius 3 is 2.71 bits per heavy atom. The van der Waals surface area contributed by atoms with E-state index in [2.05, 4.69) is 10.6 Å². The van der Waals surface area contributed by atoms with Crippen molar-refractivity contribution in [2.45, 2.75) is 19.4 Å². The zero-order chi connectivity index (χ0) is 12.8. The number of thioether (sulfide) groups is 1. The fourth-order valence-corrected chi connectivity index (χ4v) is 2.40.